The average Bonchev–Trinajstić information content (AvgIpc) is 2.66. The van der Waals surface area contributed by atoms with Crippen LogP contribution < -0.4 is 24.7 Å². The topological polar surface area (TPSA) is 80.0 Å². The molecule has 0 heterocycles. The van der Waals surface area contributed by atoms with E-state index in [-0.39, 0.29) is 5.78 Å². The summed E-state index contributed by atoms with van der Waals surface area (Å²) in [6.07, 6.45) is 1.67. The fourth-order valence-electron chi connectivity index (χ4n) is 2.41. The summed E-state index contributed by atoms with van der Waals surface area (Å²) in [6.45, 7) is 0. The molecule has 6 nitrogen and oxygen atoms in total. The number of allylic oxidation sites excluding steroid dienone is 1. The van der Waals surface area contributed by atoms with Gasteiger partial charge in [0, 0.05) is 5.56 Å². The van der Waals surface area contributed by atoms with Crippen molar-refractivity contribution in [2.24, 2.45) is 0 Å². The number of nitrogen functional groups attached to an aromatic ring is 1. The third-order valence-electron chi connectivity index (χ3n) is 3.69. The lowest BCUT2D eigenvalue weighted by Crippen LogP contribution is -2.01. The van der Waals surface area contributed by atoms with Crippen LogP contribution in [0.1, 0.15) is 15.9 Å². The Bertz CT molecular complexity index is 823. The standard InChI is InChI=1S/C19H20BrNO5/c1-23-15-6-5-12(10-14(15)21)18(22)13(20)7-11-8-16(24-2)19(26-4)17(9-11)25-3/h5-10H,21H2,1-4H3/b13-7+. The Labute approximate surface area is 160 Å². The van der Waals surface area contributed by atoms with Gasteiger partial charge < -0.3 is 24.7 Å². The second-order valence-corrected chi connectivity index (χ2v) is 6.09. The average molecular weight is 422 g/mol. The number of rotatable bonds is 7. The van der Waals surface area contributed by atoms with Crippen LogP contribution in [0.15, 0.2) is 34.8 Å². The lowest BCUT2D eigenvalue weighted by Gasteiger charge is -2.13. The summed E-state index contributed by atoms with van der Waals surface area (Å²) < 4.78 is 21.4. The molecule has 0 spiro atoms. The number of methoxy groups -OCH3 is 4. The van der Waals surface area contributed by atoms with Gasteiger partial charge in [-0.1, -0.05) is 0 Å². The summed E-state index contributed by atoms with van der Waals surface area (Å²) in [5.41, 5.74) is 7.42. The normalized spacial score (nSPS) is 11.0. The minimum atomic E-state index is -0.215. The number of carbonyl (C=O) groups is 1. The van der Waals surface area contributed by atoms with E-state index in [4.69, 9.17) is 24.7 Å². The van der Waals surface area contributed by atoms with Gasteiger partial charge in [-0.25, -0.2) is 0 Å². The van der Waals surface area contributed by atoms with Crippen LogP contribution in [0.25, 0.3) is 6.08 Å². The Morgan fingerprint density at radius 3 is 1.96 bits per heavy atom. The first-order chi connectivity index (χ1) is 12.4. The Kier molecular flexibility index (Phi) is 6.52. The van der Waals surface area contributed by atoms with Gasteiger partial charge in [-0.05, 0) is 57.9 Å². The molecule has 0 radical (unpaired) electrons. The van der Waals surface area contributed by atoms with E-state index >= 15 is 0 Å². The van der Waals surface area contributed by atoms with Crippen molar-refractivity contribution in [2.45, 2.75) is 0 Å². The van der Waals surface area contributed by atoms with E-state index in [1.807, 2.05) is 0 Å². The van der Waals surface area contributed by atoms with Crippen LogP contribution in [-0.4, -0.2) is 34.2 Å². The first-order valence-electron chi connectivity index (χ1n) is 7.60. The SMILES string of the molecule is COc1ccc(C(=O)/C(Br)=C\c2cc(OC)c(OC)c(OC)c2)cc1N. The molecule has 0 bridgehead atoms. The zero-order valence-electron chi connectivity index (χ0n) is 15.0. The fourth-order valence-corrected chi connectivity index (χ4v) is 2.90. The van der Waals surface area contributed by atoms with Crippen molar-refractivity contribution in [1.29, 1.82) is 0 Å². The van der Waals surface area contributed by atoms with Crippen LogP contribution in [0.2, 0.25) is 0 Å². The van der Waals surface area contributed by atoms with E-state index in [1.54, 1.807) is 36.4 Å². The van der Waals surface area contributed by atoms with Crippen molar-refractivity contribution in [3.8, 4) is 23.0 Å². The van der Waals surface area contributed by atoms with Crippen LogP contribution in [0, 0.1) is 0 Å². The zero-order chi connectivity index (χ0) is 19.3. The van der Waals surface area contributed by atoms with E-state index in [0.29, 0.717) is 44.3 Å². The molecule has 0 aliphatic rings. The predicted octanol–water partition coefficient (Wildman–Crippen LogP) is 3.92. The number of halogens is 1. The number of hydrogen-bond donors (Lipinski definition) is 1. The van der Waals surface area contributed by atoms with Crippen molar-refractivity contribution in [3.63, 3.8) is 0 Å². The van der Waals surface area contributed by atoms with E-state index in [9.17, 15) is 4.79 Å². The minimum absolute atomic E-state index is 0.215. The summed E-state index contributed by atoms with van der Waals surface area (Å²) in [5.74, 6) is 1.79. The van der Waals surface area contributed by atoms with Gasteiger partial charge in [-0.15, -0.1) is 0 Å². The highest BCUT2D eigenvalue weighted by Crippen LogP contribution is 2.39. The molecule has 0 amide bonds. The molecule has 0 saturated heterocycles. The predicted molar refractivity (Wildman–Crippen MR) is 105 cm³/mol. The largest absolute Gasteiger partial charge is 0.495 e. The second kappa shape index (κ2) is 8.62. The fraction of sp³-hybridized carbons (Fsp3) is 0.211. The minimum Gasteiger partial charge on any atom is -0.495 e. The first-order valence-corrected chi connectivity index (χ1v) is 8.39. The van der Waals surface area contributed by atoms with Crippen LogP contribution >= 0.6 is 15.9 Å². The van der Waals surface area contributed by atoms with E-state index in [0.717, 1.165) is 0 Å². The maximum Gasteiger partial charge on any atom is 0.203 e. The van der Waals surface area contributed by atoms with Crippen LogP contribution in [0.3, 0.4) is 0 Å². The molecule has 26 heavy (non-hydrogen) atoms. The van der Waals surface area contributed by atoms with Gasteiger partial charge in [-0.2, -0.15) is 0 Å². The lowest BCUT2D eigenvalue weighted by atomic mass is 10.1. The first kappa shape index (κ1) is 19.7. The second-order valence-electron chi connectivity index (χ2n) is 5.24. The van der Waals surface area contributed by atoms with Crippen molar-refractivity contribution in [1.82, 2.24) is 0 Å². The number of nitrogens with two attached hydrogens (primary N) is 1. The van der Waals surface area contributed by atoms with Crippen molar-refractivity contribution in [3.05, 3.63) is 45.9 Å². The number of benzene rings is 2. The number of ketones is 1. The molecule has 7 heteroatoms. The summed E-state index contributed by atoms with van der Waals surface area (Å²) in [4.78, 5) is 12.6. The lowest BCUT2D eigenvalue weighted by molar-refractivity contribution is 0.104. The third kappa shape index (κ3) is 4.11. The van der Waals surface area contributed by atoms with Crippen LogP contribution in [0.5, 0.6) is 23.0 Å². The zero-order valence-corrected chi connectivity index (χ0v) is 16.5. The summed E-state index contributed by atoms with van der Waals surface area (Å²) in [7, 11) is 6.12. The number of Topliss-reactive ketones (excluding diaryl/α,β-unsaturated/α-hetero) is 1. The van der Waals surface area contributed by atoms with E-state index in [1.165, 1.54) is 28.4 Å². The molecule has 0 aromatic heterocycles. The summed E-state index contributed by atoms with van der Waals surface area (Å²) in [5, 5.41) is 0. The van der Waals surface area contributed by atoms with E-state index in [2.05, 4.69) is 15.9 Å². The van der Waals surface area contributed by atoms with Crippen molar-refractivity contribution in [2.75, 3.05) is 34.2 Å². The smallest absolute Gasteiger partial charge is 0.203 e. The molecule has 0 saturated carbocycles. The maximum absolute atomic E-state index is 12.6. The van der Waals surface area contributed by atoms with Crippen LogP contribution in [-0.2, 0) is 0 Å². The molecule has 2 rings (SSSR count). The Morgan fingerprint density at radius 1 is 0.923 bits per heavy atom. The number of hydrogen-bond acceptors (Lipinski definition) is 6. The molecule has 2 aromatic carbocycles. The van der Waals surface area contributed by atoms with Gasteiger partial charge in [-0.3, -0.25) is 4.79 Å². The monoisotopic (exact) mass is 421 g/mol. The Balaban J connectivity index is 2.39. The highest BCUT2D eigenvalue weighted by Gasteiger charge is 2.15. The third-order valence-corrected chi connectivity index (χ3v) is 4.28. The molecule has 0 atom stereocenters. The summed E-state index contributed by atoms with van der Waals surface area (Å²) >= 11 is 3.33. The molecule has 0 aliphatic carbocycles. The van der Waals surface area contributed by atoms with Crippen molar-refractivity contribution >= 4 is 33.5 Å². The van der Waals surface area contributed by atoms with Crippen LogP contribution in [0.4, 0.5) is 5.69 Å². The highest BCUT2D eigenvalue weighted by molar-refractivity contribution is 9.12. The Hall–Kier alpha value is -2.67. The highest BCUT2D eigenvalue weighted by atomic mass is 79.9. The number of carbonyl (C=O) groups excluding carboxylic acids is 1. The summed E-state index contributed by atoms with van der Waals surface area (Å²) in [6, 6.07) is 8.38. The molecule has 0 fully saturated rings. The number of ether oxygens (including phenoxy) is 4. The molecular weight excluding hydrogens is 402 g/mol. The molecule has 2 N–H and O–H groups in total. The molecule has 0 aliphatic heterocycles. The molecule has 138 valence electrons. The van der Waals surface area contributed by atoms with Gasteiger partial charge in [0.25, 0.3) is 0 Å². The molecule has 2 aromatic rings. The maximum atomic E-state index is 12.6. The Morgan fingerprint density at radius 2 is 1.50 bits per heavy atom. The van der Waals surface area contributed by atoms with Gasteiger partial charge in [0.2, 0.25) is 5.75 Å². The molecule has 0 unspecified atom stereocenters. The number of anilines is 1. The van der Waals surface area contributed by atoms with Gasteiger partial charge in [0.15, 0.2) is 17.3 Å². The quantitative estimate of drug-likeness (QED) is 0.414. The van der Waals surface area contributed by atoms with Crippen molar-refractivity contribution < 1.29 is 23.7 Å². The molecular formula is C19H20BrNO5. The van der Waals surface area contributed by atoms with Gasteiger partial charge in [0.1, 0.15) is 5.75 Å². The van der Waals surface area contributed by atoms with E-state index < -0.39 is 0 Å². The van der Waals surface area contributed by atoms with Gasteiger partial charge in [0.05, 0.1) is 38.6 Å². The van der Waals surface area contributed by atoms with Gasteiger partial charge >= 0.3 is 0 Å².